The van der Waals surface area contributed by atoms with Crippen LogP contribution in [0.2, 0.25) is 0 Å². The van der Waals surface area contributed by atoms with E-state index in [-0.39, 0.29) is 4.88 Å². The highest BCUT2D eigenvalue weighted by molar-refractivity contribution is 7.23. The van der Waals surface area contributed by atoms with Gasteiger partial charge in [-0.3, -0.25) is 0 Å². The molecule has 0 spiro atoms. The molecule has 0 aromatic carbocycles. The first-order valence-corrected chi connectivity index (χ1v) is 5.07. The van der Waals surface area contributed by atoms with Gasteiger partial charge in [-0.15, -0.1) is 11.3 Å². The average molecular weight is 214 g/mol. The Morgan fingerprint density at radius 1 is 1.62 bits per heavy atom. The lowest BCUT2D eigenvalue weighted by Gasteiger charge is -1.90. The third kappa shape index (κ3) is 1.10. The molecule has 0 aliphatic rings. The van der Waals surface area contributed by atoms with Crippen molar-refractivity contribution in [3.8, 4) is 0 Å². The van der Waals surface area contributed by atoms with Crippen molar-refractivity contribution in [3.63, 3.8) is 0 Å². The number of thiophene rings is 1. The van der Waals surface area contributed by atoms with Gasteiger partial charge in [0.1, 0.15) is 9.71 Å². The predicted molar refractivity (Wildman–Crippen MR) is 53.6 cm³/mol. The SMILES string of the molecule is Cc1snc2sc(C(=O)O)c(N)c12. The van der Waals surface area contributed by atoms with Crippen LogP contribution in [0.4, 0.5) is 5.69 Å². The molecule has 3 N–H and O–H groups in total. The van der Waals surface area contributed by atoms with Crippen molar-refractivity contribution < 1.29 is 9.90 Å². The summed E-state index contributed by atoms with van der Waals surface area (Å²) in [7, 11) is 0. The summed E-state index contributed by atoms with van der Waals surface area (Å²) in [5, 5.41) is 9.58. The van der Waals surface area contributed by atoms with Gasteiger partial charge in [-0.05, 0) is 18.5 Å². The lowest BCUT2D eigenvalue weighted by atomic mass is 10.3. The molecule has 0 atom stereocenters. The van der Waals surface area contributed by atoms with Crippen LogP contribution < -0.4 is 5.73 Å². The largest absolute Gasteiger partial charge is 0.477 e. The summed E-state index contributed by atoms with van der Waals surface area (Å²) in [5.74, 6) is -0.982. The van der Waals surface area contributed by atoms with E-state index in [1.54, 1.807) is 0 Å². The number of anilines is 1. The number of nitrogens with two attached hydrogens (primary N) is 1. The summed E-state index contributed by atoms with van der Waals surface area (Å²) in [6, 6.07) is 0. The van der Waals surface area contributed by atoms with Gasteiger partial charge in [0.15, 0.2) is 0 Å². The highest BCUT2D eigenvalue weighted by Crippen LogP contribution is 2.36. The van der Waals surface area contributed by atoms with Crippen molar-refractivity contribution in [2.45, 2.75) is 6.92 Å². The van der Waals surface area contributed by atoms with Crippen LogP contribution in [-0.4, -0.2) is 15.4 Å². The number of aryl methyl sites for hydroxylation is 1. The van der Waals surface area contributed by atoms with E-state index in [9.17, 15) is 4.79 Å². The molecule has 0 fully saturated rings. The zero-order chi connectivity index (χ0) is 9.59. The van der Waals surface area contributed by atoms with Crippen molar-refractivity contribution in [2.75, 3.05) is 5.73 Å². The Bertz CT molecular complexity index is 486. The Morgan fingerprint density at radius 2 is 2.31 bits per heavy atom. The van der Waals surface area contributed by atoms with Gasteiger partial charge < -0.3 is 10.8 Å². The summed E-state index contributed by atoms with van der Waals surface area (Å²) < 4.78 is 4.10. The summed E-state index contributed by atoms with van der Waals surface area (Å²) >= 11 is 2.47. The topological polar surface area (TPSA) is 76.2 Å². The number of hydrogen-bond donors (Lipinski definition) is 2. The van der Waals surface area contributed by atoms with Gasteiger partial charge in [0.25, 0.3) is 0 Å². The number of nitrogens with zero attached hydrogens (tertiary/aromatic N) is 1. The van der Waals surface area contributed by atoms with Crippen LogP contribution in [0.5, 0.6) is 0 Å². The first-order valence-electron chi connectivity index (χ1n) is 3.48. The standard InChI is InChI=1S/C7H6N2O2S2/c1-2-3-4(8)5(7(10)11)12-6(3)9-13-2/h8H2,1H3,(H,10,11). The number of carboxylic acid groups (broad SMARTS) is 1. The average Bonchev–Trinajstić information content (AvgIpc) is 2.55. The Labute approximate surface area is 81.8 Å². The molecule has 0 radical (unpaired) electrons. The van der Waals surface area contributed by atoms with Gasteiger partial charge in [-0.1, -0.05) is 0 Å². The first kappa shape index (κ1) is 8.46. The summed E-state index contributed by atoms with van der Waals surface area (Å²) in [6.07, 6.45) is 0. The minimum absolute atomic E-state index is 0.188. The van der Waals surface area contributed by atoms with Gasteiger partial charge in [0.2, 0.25) is 0 Å². The molecule has 0 saturated heterocycles. The third-order valence-corrected chi connectivity index (χ3v) is 3.69. The Kier molecular flexibility index (Phi) is 1.74. The van der Waals surface area contributed by atoms with E-state index in [2.05, 4.69) is 4.37 Å². The number of carbonyl (C=O) groups is 1. The number of carboxylic acids is 1. The van der Waals surface area contributed by atoms with Crippen molar-refractivity contribution >= 4 is 44.7 Å². The van der Waals surface area contributed by atoms with Crippen LogP contribution in [0, 0.1) is 6.92 Å². The normalized spacial score (nSPS) is 10.8. The lowest BCUT2D eigenvalue weighted by Crippen LogP contribution is -1.97. The lowest BCUT2D eigenvalue weighted by molar-refractivity contribution is 0.0703. The van der Waals surface area contributed by atoms with E-state index in [1.165, 1.54) is 11.5 Å². The Morgan fingerprint density at radius 3 is 2.85 bits per heavy atom. The molecule has 2 aromatic rings. The number of fused-ring (bicyclic) bond motifs is 1. The zero-order valence-electron chi connectivity index (χ0n) is 6.70. The van der Waals surface area contributed by atoms with E-state index < -0.39 is 5.97 Å². The summed E-state index contributed by atoms with van der Waals surface area (Å²) in [5.41, 5.74) is 6.03. The maximum absolute atomic E-state index is 10.7. The molecule has 13 heavy (non-hydrogen) atoms. The number of aromatic carboxylic acids is 1. The van der Waals surface area contributed by atoms with E-state index in [4.69, 9.17) is 10.8 Å². The van der Waals surface area contributed by atoms with Crippen LogP contribution in [0.15, 0.2) is 0 Å². The van der Waals surface area contributed by atoms with Gasteiger partial charge in [-0.2, -0.15) is 4.37 Å². The van der Waals surface area contributed by atoms with E-state index in [0.29, 0.717) is 5.69 Å². The predicted octanol–water partition coefficient (Wildman–Crippen LogP) is 1.95. The van der Waals surface area contributed by atoms with Gasteiger partial charge in [0, 0.05) is 4.88 Å². The molecule has 4 nitrogen and oxygen atoms in total. The van der Waals surface area contributed by atoms with Crippen LogP contribution in [-0.2, 0) is 0 Å². The maximum Gasteiger partial charge on any atom is 0.348 e. The summed E-state index contributed by atoms with van der Waals surface area (Å²) in [6.45, 7) is 1.88. The number of nitrogen functional groups attached to an aromatic ring is 1. The summed E-state index contributed by atoms with van der Waals surface area (Å²) in [4.78, 5) is 12.6. The van der Waals surface area contributed by atoms with Crippen LogP contribution >= 0.6 is 22.9 Å². The second-order valence-electron chi connectivity index (χ2n) is 2.57. The fourth-order valence-electron chi connectivity index (χ4n) is 1.15. The van der Waals surface area contributed by atoms with Crippen LogP contribution in [0.1, 0.15) is 14.5 Å². The molecule has 2 heterocycles. The van der Waals surface area contributed by atoms with Crippen molar-refractivity contribution in [1.82, 2.24) is 4.37 Å². The molecular weight excluding hydrogens is 208 g/mol. The molecule has 68 valence electrons. The number of aromatic nitrogens is 1. The van der Waals surface area contributed by atoms with Crippen molar-refractivity contribution in [3.05, 3.63) is 9.75 Å². The Hall–Kier alpha value is -1.14. The molecule has 6 heteroatoms. The zero-order valence-corrected chi connectivity index (χ0v) is 8.33. The monoisotopic (exact) mass is 214 g/mol. The second-order valence-corrected chi connectivity index (χ2v) is 4.55. The fraction of sp³-hybridized carbons (Fsp3) is 0.143. The van der Waals surface area contributed by atoms with E-state index in [0.717, 1.165) is 26.4 Å². The second kappa shape index (κ2) is 2.68. The minimum atomic E-state index is -0.982. The minimum Gasteiger partial charge on any atom is -0.477 e. The molecule has 2 rings (SSSR count). The van der Waals surface area contributed by atoms with Gasteiger partial charge >= 0.3 is 5.97 Å². The molecule has 0 unspecified atom stereocenters. The first-order chi connectivity index (χ1) is 6.11. The van der Waals surface area contributed by atoms with Gasteiger partial charge in [0.05, 0.1) is 11.1 Å². The Balaban J connectivity index is 2.82. The van der Waals surface area contributed by atoms with E-state index >= 15 is 0 Å². The molecule has 0 amide bonds. The van der Waals surface area contributed by atoms with Crippen LogP contribution in [0.25, 0.3) is 10.2 Å². The molecule has 0 bridgehead atoms. The van der Waals surface area contributed by atoms with E-state index in [1.807, 2.05) is 6.92 Å². The van der Waals surface area contributed by atoms with Crippen molar-refractivity contribution in [1.29, 1.82) is 0 Å². The molecule has 2 aromatic heterocycles. The third-order valence-electron chi connectivity index (χ3n) is 1.74. The smallest absolute Gasteiger partial charge is 0.348 e. The van der Waals surface area contributed by atoms with Crippen LogP contribution in [0.3, 0.4) is 0 Å². The number of rotatable bonds is 1. The van der Waals surface area contributed by atoms with Gasteiger partial charge in [-0.25, -0.2) is 4.79 Å². The fourth-order valence-corrected chi connectivity index (χ4v) is 2.94. The molecule has 0 aliphatic heterocycles. The molecule has 0 saturated carbocycles. The number of hydrogen-bond acceptors (Lipinski definition) is 5. The molecular formula is C7H6N2O2S2. The maximum atomic E-state index is 10.7. The highest BCUT2D eigenvalue weighted by atomic mass is 32.1. The quantitative estimate of drug-likeness (QED) is 0.760. The highest BCUT2D eigenvalue weighted by Gasteiger charge is 2.18. The molecule has 0 aliphatic carbocycles. The van der Waals surface area contributed by atoms with Crippen molar-refractivity contribution in [2.24, 2.45) is 0 Å².